The number of hydrogen-bond donors (Lipinski definition) is 1. The van der Waals surface area contributed by atoms with Crippen molar-refractivity contribution in [2.75, 3.05) is 26.0 Å². The van der Waals surface area contributed by atoms with Crippen LogP contribution in [0.3, 0.4) is 0 Å². The lowest BCUT2D eigenvalue weighted by Gasteiger charge is -2.17. The second-order valence-corrected chi connectivity index (χ2v) is 10.8. The number of aryl methyl sites for hydroxylation is 2. The van der Waals surface area contributed by atoms with Gasteiger partial charge in [-0.2, -0.15) is 13.2 Å². The molecule has 1 N–H and O–H groups in total. The molecule has 0 aliphatic rings. The van der Waals surface area contributed by atoms with E-state index in [1.54, 1.807) is 33.0 Å². The first kappa shape index (κ1) is 30.9. The van der Waals surface area contributed by atoms with Gasteiger partial charge in [0.05, 0.1) is 27.3 Å². The summed E-state index contributed by atoms with van der Waals surface area (Å²) in [6.45, 7) is 2.07. The number of fused-ring (bicyclic) bond motifs is 2. The van der Waals surface area contributed by atoms with Crippen molar-refractivity contribution < 1.29 is 31.5 Å². The summed E-state index contributed by atoms with van der Waals surface area (Å²) < 4.78 is 75.7. The van der Waals surface area contributed by atoms with Crippen molar-refractivity contribution in [1.29, 1.82) is 0 Å². The maximum absolute atomic E-state index is 14.9. The molecule has 0 aliphatic heterocycles. The highest BCUT2D eigenvalue weighted by molar-refractivity contribution is 6.38. The topological polar surface area (TPSA) is 71.6 Å². The number of carbonyl (C=O) groups is 2. The molecule has 3 aromatic heterocycles. The number of aromatic nitrogens is 3. The van der Waals surface area contributed by atoms with Crippen molar-refractivity contribution in [3.8, 4) is 11.1 Å². The SMILES string of the molecule is Cc1nc2c(Cl)c(-c3cccn4c(C(=O)c5cc(F)c(NC(=O)/C=C/CN(C)C)c(F)c5)ccc34)c(C(F)(F)F)cc2n1C. The molecule has 0 saturated carbocycles. The monoisotopic (exact) mass is 629 g/mol. The number of carbonyl (C=O) groups excluding carboxylic acids is 2. The Hall–Kier alpha value is -4.55. The summed E-state index contributed by atoms with van der Waals surface area (Å²) in [5.41, 5.74) is -1.80. The average molecular weight is 630 g/mol. The molecule has 3 heterocycles. The maximum atomic E-state index is 14.9. The number of imidazole rings is 1. The van der Waals surface area contributed by atoms with Crippen molar-refractivity contribution in [3.63, 3.8) is 0 Å². The van der Waals surface area contributed by atoms with Crippen LogP contribution in [-0.4, -0.2) is 51.2 Å². The Bertz CT molecular complexity index is 1970. The lowest BCUT2D eigenvalue weighted by Crippen LogP contribution is -2.15. The molecule has 228 valence electrons. The summed E-state index contributed by atoms with van der Waals surface area (Å²) in [6, 6.07) is 8.19. The van der Waals surface area contributed by atoms with Crippen molar-refractivity contribution in [1.82, 2.24) is 18.9 Å². The summed E-state index contributed by atoms with van der Waals surface area (Å²) in [7, 11) is 5.15. The fraction of sp³-hybridized carbons (Fsp3) is 0.194. The van der Waals surface area contributed by atoms with Crippen molar-refractivity contribution in [3.05, 3.63) is 100 Å². The number of likely N-dealkylation sites (N-methyl/N-ethyl adjacent to an activating group) is 1. The first-order valence-corrected chi connectivity index (χ1v) is 13.6. The summed E-state index contributed by atoms with van der Waals surface area (Å²) in [6.07, 6.45) is -0.698. The number of alkyl halides is 3. The molecule has 5 aromatic rings. The van der Waals surface area contributed by atoms with E-state index in [0.29, 0.717) is 12.4 Å². The van der Waals surface area contributed by atoms with Gasteiger partial charge < -0.3 is 19.2 Å². The highest BCUT2D eigenvalue weighted by Crippen LogP contribution is 2.45. The zero-order valence-corrected chi connectivity index (χ0v) is 24.6. The Labute approximate surface area is 253 Å². The minimum Gasteiger partial charge on any atom is -0.331 e. The molecule has 0 spiro atoms. The van der Waals surface area contributed by atoms with Crippen molar-refractivity contribution >= 4 is 45.5 Å². The highest BCUT2D eigenvalue weighted by atomic mass is 35.5. The van der Waals surface area contributed by atoms with Gasteiger partial charge in [0.15, 0.2) is 0 Å². The van der Waals surface area contributed by atoms with E-state index >= 15 is 0 Å². The van der Waals surface area contributed by atoms with E-state index in [2.05, 4.69) is 10.3 Å². The zero-order valence-electron chi connectivity index (χ0n) is 23.9. The third-order valence-corrected chi connectivity index (χ3v) is 7.50. The van der Waals surface area contributed by atoms with Gasteiger partial charge in [-0.25, -0.2) is 13.8 Å². The first-order chi connectivity index (χ1) is 20.7. The van der Waals surface area contributed by atoms with Crippen LogP contribution in [-0.2, 0) is 18.0 Å². The van der Waals surface area contributed by atoms with E-state index in [0.717, 1.165) is 24.3 Å². The first-order valence-electron chi connectivity index (χ1n) is 13.2. The van der Waals surface area contributed by atoms with E-state index < -0.39 is 40.8 Å². The van der Waals surface area contributed by atoms with E-state index in [4.69, 9.17) is 11.6 Å². The number of ketones is 1. The Morgan fingerprint density at radius 2 is 1.75 bits per heavy atom. The smallest absolute Gasteiger partial charge is 0.331 e. The minimum absolute atomic E-state index is 0.0662. The molecule has 5 rings (SSSR count). The molecular weight excluding hydrogens is 605 g/mol. The third kappa shape index (κ3) is 5.58. The fourth-order valence-electron chi connectivity index (χ4n) is 4.93. The van der Waals surface area contributed by atoms with Gasteiger partial charge in [-0.3, -0.25) is 9.59 Å². The largest absolute Gasteiger partial charge is 0.417 e. The quantitative estimate of drug-likeness (QED) is 0.119. The maximum Gasteiger partial charge on any atom is 0.417 e. The number of anilines is 1. The van der Waals surface area contributed by atoms with Crippen LogP contribution in [0.2, 0.25) is 5.02 Å². The number of halogens is 6. The Balaban J connectivity index is 1.57. The Morgan fingerprint density at radius 3 is 2.39 bits per heavy atom. The van der Waals surface area contributed by atoms with Gasteiger partial charge in [0, 0.05) is 42.6 Å². The molecule has 44 heavy (non-hydrogen) atoms. The molecule has 0 aliphatic carbocycles. The molecular formula is C31H25ClF5N5O2. The minimum atomic E-state index is -4.78. The van der Waals surface area contributed by atoms with Crippen LogP contribution in [0.25, 0.3) is 27.7 Å². The fourth-order valence-corrected chi connectivity index (χ4v) is 5.27. The summed E-state index contributed by atoms with van der Waals surface area (Å²) in [5, 5.41) is 1.92. The summed E-state index contributed by atoms with van der Waals surface area (Å²) in [5.74, 6) is -3.45. The number of hydrogen-bond acceptors (Lipinski definition) is 4. The molecule has 0 bridgehead atoms. The number of nitrogens with zero attached hydrogens (tertiary/aromatic N) is 4. The summed E-state index contributed by atoms with van der Waals surface area (Å²) in [4.78, 5) is 31.7. The van der Waals surface area contributed by atoms with Gasteiger partial charge >= 0.3 is 6.18 Å². The molecule has 13 heteroatoms. The van der Waals surface area contributed by atoms with Crippen molar-refractivity contribution in [2.24, 2.45) is 7.05 Å². The average Bonchev–Trinajstić information content (AvgIpc) is 3.50. The van der Waals surface area contributed by atoms with Gasteiger partial charge in [0.25, 0.3) is 0 Å². The summed E-state index contributed by atoms with van der Waals surface area (Å²) >= 11 is 6.59. The Kier molecular flexibility index (Phi) is 8.08. The highest BCUT2D eigenvalue weighted by Gasteiger charge is 2.37. The standard InChI is InChI=1S/C31H25ClF5N5O2/c1-16-38-29-24(41(16)4)15-19(31(35,36)37)26(27(29)32)18-7-5-12-42-22(18)9-10-23(42)30(44)17-13-20(33)28(21(34)14-17)39-25(43)8-6-11-40(2)3/h5-10,12-15H,11H2,1-4H3,(H,39,43)/b8-6+. The van der Waals surface area contributed by atoms with Gasteiger partial charge in [0.1, 0.15) is 28.7 Å². The predicted molar refractivity (Wildman–Crippen MR) is 158 cm³/mol. The lowest BCUT2D eigenvalue weighted by atomic mass is 9.97. The van der Waals surface area contributed by atoms with Crippen LogP contribution < -0.4 is 5.32 Å². The number of pyridine rings is 1. The van der Waals surface area contributed by atoms with Gasteiger partial charge in [-0.1, -0.05) is 23.7 Å². The molecule has 0 atom stereocenters. The number of amides is 1. The van der Waals surface area contributed by atoms with Gasteiger partial charge in [-0.05, 0) is 57.4 Å². The van der Waals surface area contributed by atoms with Crippen LogP contribution in [0.5, 0.6) is 0 Å². The molecule has 0 unspecified atom stereocenters. The lowest BCUT2D eigenvalue weighted by molar-refractivity contribution is -0.137. The second-order valence-electron chi connectivity index (χ2n) is 10.4. The molecule has 7 nitrogen and oxygen atoms in total. The van der Waals surface area contributed by atoms with Crippen LogP contribution in [0.15, 0.2) is 60.8 Å². The van der Waals surface area contributed by atoms with E-state index in [1.165, 1.54) is 45.5 Å². The predicted octanol–water partition coefficient (Wildman–Crippen LogP) is 7.04. The molecule has 0 saturated heterocycles. The molecule has 0 radical (unpaired) electrons. The van der Waals surface area contributed by atoms with E-state index in [9.17, 15) is 31.5 Å². The van der Waals surface area contributed by atoms with E-state index in [-0.39, 0.29) is 44.0 Å². The molecule has 2 aromatic carbocycles. The van der Waals surface area contributed by atoms with Crippen LogP contribution in [0.4, 0.5) is 27.6 Å². The molecule has 0 fully saturated rings. The van der Waals surface area contributed by atoms with Gasteiger partial charge in [-0.15, -0.1) is 0 Å². The zero-order chi connectivity index (χ0) is 32.1. The normalized spacial score (nSPS) is 12.2. The van der Waals surface area contributed by atoms with Gasteiger partial charge in [0.2, 0.25) is 11.7 Å². The van der Waals surface area contributed by atoms with Crippen molar-refractivity contribution in [2.45, 2.75) is 13.1 Å². The van der Waals surface area contributed by atoms with E-state index in [1.807, 2.05) is 0 Å². The van der Waals surface area contributed by atoms with Crippen LogP contribution >= 0.6 is 11.6 Å². The van der Waals surface area contributed by atoms with Crippen LogP contribution in [0, 0.1) is 18.6 Å². The second kappa shape index (κ2) is 11.5. The third-order valence-electron chi connectivity index (χ3n) is 7.13. The number of benzene rings is 2. The number of nitrogens with one attached hydrogen (secondary N) is 1. The van der Waals surface area contributed by atoms with Crippen LogP contribution in [0.1, 0.15) is 27.4 Å². The Morgan fingerprint density at radius 1 is 1.07 bits per heavy atom. The number of rotatable bonds is 7. The molecule has 1 amide bonds.